The summed E-state index contributed by atoms with van der Waals surface area (Å²) in [5.74, 6) is 2.04. The van der Waals surface area contributed by atoms with Gasteiger partial charge in [0.05, 0.1) is 17.8 Å². The minimum absolute atomic E-state index is 0.0314. The van der Waals surface area contributed by atoms with Gasteiger partial charge in [0.2, 0.25) is 0 Å². The van der Waals surface area contributed by atoms with Gasteiger partial charge in [0.15, 0.2) is 0 Å². The molecular formula is C31H54O4. The second kappa shape index (κ2) is 8.82. The lowest BCUT2D eigenvalue weighted by molar-refractivity contribution is -0.136. The molecule has 0 bridgehead atoms. The number of aliphatic hydroxyl groups excluding tert-OH is 3. The van der Waals surface area contributed by atoms with Crippen LogP contribution >= 0.6 is 0 Å². The van der Waals surface area contributed by atoms with Crippen molar-refractivity contribution >= 4 is 0 Å². The molecule has 202 valence electrons. The van der Waals surface area contributed by atoms with Crippen molar-refractivity contribution in [2.45, 2.75) is 131 Å². The molecule has 0 aliphatic heterocycles. The molecule has 0 radical (unpaired) electrons. The first kappa shape index (κ1) is 27.6. The van der Waals surface area contributed by atoms with Crippen molar-refractivity contribution in [3.8, 4) is 0 Å². The van der Waals surface area contributed by atoms with E-state index in [1.807, 2.05) is 13.8 Å². The van der Waals surface area contributed by atoms with E-state index in [1.54, 1.807) is 12.7 Å². The van der Waals surface area contributed by atoms with E-state index in [0.29, 0.717) is 30.1 Å². The van der Waals surface area contributed by atoms with Gasteiger partial charge in [-0.2, -0.15) is 0 Å². The van der Waals surface area contributed by atoms with Crippen LogP contribution in [0.4, 0.5) is 0 Å². The molecule has 0 saturated heterocycles. The van der Waals surface area contributed by atoms with Gasteiger partial charge in [-0.15, -0.1) is 0 Å². The first-order valence-electron chi connectivity index (χ1n) is 14.4. The quantitative estimate of drug-likeness (QED) is 0.392. The average Bonchev–Trinajstić information content (AvgIpc) is 3.07. The summed E-state index contributed by atoms with van der Waals surface area (Å²) in [4.78, 5) is 0. The summed E-state index contributed by atoms with van der Waals surface area (Å²) < 4.78 is 5.45. The van der Waals surface area contributed by atoms with Crippen molar-refractivity contribution in [1.82, 2.24) is 0 Å². The van der Waals surface area contributed by atoms with Gasteiger partial charge < -0.3 is 20.1 Å². The van der Waals surface area contributed by atoms with Crippen molar-refractivity contribution in [3.63, 3.8) is 0 Å². The zero-order valence-corrected chi connectivity index (χ0v) is 24.0. The third-order valence-corrected chi connectivity index (χ3v) is 12.8. The lowest BCUT2D eigenvalue weighted by Crippen LogP contribution is -2.58. The number of fused-ring (bicyclic) bond motifs is 5. The molecule has 3 fully saturated rings. The molecule has 4 rings (SSSR count). The number of hydrogen-bond acceptors (Lipinski definition) is 4. The number of aliphatic hydroxyl groups is 3. The minimum Gasteiger partial charge on any atom is -0.393 e. The minimum atomic E-state index is -0.894. The molecule has 35 heavy (non-hydrogen) atoms. The predicted molar refractivity (Wildman–Crippen MR) is 142 cm³/mol. The number of ether oxygens (including phenoxy) is 1. The summed E-state index contributed by atoms with van der Waals surface area (Å²) in [6.07, 6.45) is 9.39. The number of methoxy groups -OCH3 is 1. The zero-order chi connectivity index (χ0) is 26.2. The highest BCUT2D eigenvalue weighted by Gasteiger charge is 2.65. The SMILES string of the molecule is COC(C)(C)C(O)C(O)CC(C)C1CCC2(C)C3=CCC4C(C)(C)C(O)CCC4(C)C3CCC12C. The Hall–Kier alpha value is -0.420. The largest absolute Gasteiger partial charge is 0.393 e. The van der Waals surface area contributed by atoms with E-state index in [0.717, 1.165) is 19.3 Å². The van der Waals surface area contributed by atoms with Crippen LogP contribution in [0.2, 0.25) is 0 Å². The molecule has 0 spiro atoms. The molecule has 4 aliphatic rings. The molecule has 0 aromatic carbocycles. The van der Waals surface area contributed by atoms with Crippen LogP contribution in [0, 0.1) is 45.3 Å². The number of allylic oxidation sites excluding steroid dienone is 2. The Kier molecular flexibility index (Phi) is 6.96. The molecule has 0 heterocycles. The molecule has 0 aromatic heterocycles. The molecular weight excluding hydrogens is 436 g/mol. The zero-order valence-electron chi connectivity index (χ0n) is 24.0. The van der Waals surface area contributed by atoms with E-state index in [1.165, 1.54) is 25.7 Å². The molecule has 0 amide bonds. The summed E-state index contributed by atoms with van der Waals surface area (Å²) >= 11 is 0. The molecule has 4 aliphatic carbocycles. The Balaban J connectivity index is 1.58. The predicted octanol–water partition coefficient (Wildman–Crippen LogP) is 6.13. The maximum atomic E-state index is 10.9. The Labute approximate surface area is 214 Å². The molecule has 4 heteroatoms. The third kappa shape index (κ3) is 3.91. The van der Waals surface area contributed by atoms with Crippen LogP contribution in [0.25, 0.3) is 0 Å². The monoisotopic (exact) mass is 490 g/mol. The molecule has 3 saturated carbocycles. The first-order chi connectivity index (χ1) is 16.1. The number of hydrogen-bond donors (Lipinski definition) is 3. The Morgan fingerprint density at radius 2 is 1.69 bits per heavy atom. The fourth-order valence-corrected chi connectivity index (χ4v) is 9.91. The molecule has 10 unspecified atom stereocenters. The second-order valence-corrected chi connectivity index (χ2v) is 14.8. The van der Waals surface area contributed by atoms with E-state index in [4.69, 9.17) is 4.74 Å². The van der Waals surface area contributed by atoms with E-state index in [-0.39, 0.29) is 27.8 Å². The molecule has 4 nitrogen and oxygen atoms in total. The highest BCUT2D eigenvalue weighted by molar-refractivity contribution is 5.33. The van der Waals surface area contributed by atoms with Crippen molar-refractivity contribution in [1.29, 1.82) is 0 Å². The molecule has 3 N–H and O–H groups in total. The summed E-state index contributed by atoms with van der Waals surface area (Å²) in [5.41, 5.74) is 1.60. The summed E-state index contributed by atoms with van der Waals surface area (Å²) in [5, 5.41) is 32.5. The van der Waals surface area contributed by atoms with Crippen molar-refractivity contribution in [2.75, 3.05) is 7.11 Å². The standard InChI is InChI=1S/C31H54O4/c1-19(18-23(32)26(34)28(4,5)35-9)20-12-16-31(8)22-10-11-24-27(2,3)25(33)14-15-29(24,6)21(22)13-17-30(20,31)7/h10,19-21,23-26,32-34H,11-18H2,1-9H3. The van der Waals surface area contributed by atoms with Crippen LogP contribution in [-0.4, -0.2) is 46.3 Å². The maximum absolute atomic E-state index is 10.9. The molecule has 0 aromatic rings. The third-order valence-electron chi connectivity index (χ3n) is 12.8. The first-order valence-corrected chi connectivity index (χ1v) is 14.4. The Morgan fingerprint density at radius 3 is 2.31 bits per heavy atom. The summed E-state index contributed by atoms with van der Waals surface area (Å²) in [6, 6.07) is 0. The summed E-state index contributed by atoms with van der Waals surface area (Å²) in [7, 11) is 1.60. The fraction of sp³-hybridized carbons (Fsp3) is 0.935. The van der Waals surface area contributed by atoms with E-state index < -0.39 is 17.8 Å². The highest BCUT2D eigenvalue weighted by Crippen LogP contribution is 2.73. The average molecular weight is 491 g/mol. The van der Waals surface area contributed by atoms with Crippen LogP contribution in [0.5, 0.6) is 0 Å². The van der Waals surface area contributed by atoms with Crippen molar-refractivity contribution in [2.24, 2.45) is 45.3 Å². The van der Waals surface area contributed by atoms with Crippen LogP contribution in [0.1, 0.15) is 107 Å². The van der Waals surface area contributed by atoms with Crippen LogP contribution in [0.15, 0.2) is 11.6 Å². The smallest absolute Gasteiger partial charge is 0.108 e. The maximum Gasteiger partial charge on any atom is 0.108 e. The normalized spacial score (nSPS) is 45.5. The van der Waals surface area contributed by atoms with Crippen molar-refractivity contribution in [3.05, 3.63) is 11.6 Å². The Bertz CT molecular complexity index is 832. The van der Waals surface area contributed by atoms with Crippen LogP contribution < -0.4 is 0 Å². The summed E-state index contributed by atoms with van der Waals surface area (Å²) in [6.45, 7) is 18.2. The van der Waals surface area contributed by atoms with Crippen molar-refractivity contribution < 1.29 is 20.1 Å². The van der Waals surface area contributed by atoms with Gasteiger partial charge in [0.25, 0.3) is 0 Å². The van der Waals surface area contributed by atoms with Gasteiger partial charge in [-0.25, -0.2) is 0 Å². The van der Waals surface area contributed by atoms with E-state index in [9.17, 15) is 15.3 Å². The van der Waals surface area contributed by atoms with Gasteiger partial charge in [0.1, 0.15) is 6.10 Å². The van der Waals surface area contributed by atoms with Crippen LogP contribution in [0.3, 0.4) is 0 Å². The van der Waals surface area contributed by atoms with Gasteiger partial charge in [0, 0.05) is 7.11 Å². The fourth-order valence-electron chi connectivity index (χ4n) is 9.91. The van der Waals surface area contributed by atoms with Gasteiger partial charge in [-0.05, 0) is 111 Å². The van der Waals surface area contributed by atoms with E-state index >= 15 is 0 Å². The van der Waals surface area contributed by atoms with Crippen LogP contribution in [-0.2, 0) is 4.74 Å². The van der Waals surface area contributed by atoms with Gasteiger partial charge in [-0.1, -0.05) is 53.2 Å². The van der Waals surface area contributed by atoms with E-state index in [2.05, 4.69) is 47.6 Å². The lowest BCUT2D eigenvalue weighted by atomic mass is 9.41. The highest BCUT2D eigenvalue weighted by atomic mass is 16.5. The number of rotatable bonds is 6. The lowest BCUT2D eigenvalue weighted by Gasteiger charge is -2.64. The Morgan fingerprint density at radius 1 is 1.03 bits per heavy atom. The molecule has 10 atom stereocenters. The van der Waals surface area contributed by atoms with Gasteiger partial charge in [-0.3, -0.25) is 0 Å². The van der Waals surface area contributed by atoms with Gasteiger partial charge >= 0.3 is 0 Å². The second-order valence-electron chi connectivity index (χ2n) is 14.8. The topological polar surface area (TPSA) is 69.9 Å².